The molecular formula is C21H40N2O. The van der Waals surface area contributed by atoms with Crippen LogP contribution in [0.25, 0.3) is 0 Å². The summed E-state index contributed by atoms with van der Waals surface area (Å²) in [4.78, 5) is 0. The van der Waals surface area contributed by atoms with Crippen LogP contribution >= 0.6 is 0 Å². The van der Waals surface area contributed by atoms with Gasteiger partial charge in [0.25, 0.3) is 0 Å². The van der Waals surface area contributed by atoms with E-state index in [0.717, 1.165) is 13.0 Å². The van der Waals surface area contributed by atoms with Gasteiger partial charge in [0.1, 0.15) is 0 Å². The Kier molecular flexibility index (Phi) is 20.0. The fourth-order valence-corrected chi connectivity index (χ4v) is 2.95. The van der Waals surface area contributed by atoms with E-state index in [4.69, 9.17) is 15.7 Å². The molecule has 0 aromatic rings. The molecule has 0 saturated carbocycles. The average Bonchev–Trinajstić information content (AvgIpc) is 2.60. The van der Waals surface area contributed by atoms with E-state index in [2.05, 4.69) is 13.0 Å². The Bertz CT molecular complexity index is 276. The molecule has 0 spiro atoms. The van der Waals surface area contributed by atoms with Gasteiger partial charge in [0, 0.05) is 25.5 Å². The van der Waals surface area contributed by atoms with Crippen LogP contribution in [0.4, 0.5) is 0 Å². The third-order valence-corrected chi connectivity index (χ3v) is 4.63. The van der Waals surface area contributed by atoms with Gasteiger partial charge < -0.3 is 4.74 Å². The van der Waals surface area contributed by atoms with E-state index >= 15 is 0 Å². The highest BCUT2D eigenvalue weighted by atomic mass is 16.5. The number of unbranched alkanes of at least 4 members (excludes halogenated alkanes) is 13. The van der Waals surface area contributed by atoms with Crippen molar-refractivity contribution in [3.05, 3.63) is 0 Å². The maximum absolute atomic E-state index is 9.05. The molecule has 0 aliphatic rings. The minimum absolute atomic E-state index is 0.0124. The zero-order valence-electron chi connectivity index (χ0n) is 16.1. The summed E-state index contributed by atoms with van der Waals surface area (Å²) in [7, 11) is 0. The molecule has 140 valence electrons. The number of hydrogen-bond acceptors (Lipinski definition) is 2. The molecule has 0 N–H and O–H groups in total. The molecule has 24 heavy (non-hydrogen) atoms. The molecule has 0 amide bonds. The molecule has 0 rings (SSSR count). The SMILES string of the molecule is CCCCCCCCCCCCCCCCOCC(C[N])CC#N. The smallest absolute Gasteiger partial charge is 0.0626 e. The Morgan fingerprint density at radius 1 is 0.750 bits per heavy atom. The summed E-state index contributed by atoms with van der Waals surface area (Å²) >= 11 is 0. The molecular weight excluding hydrogens is 296 g/mol. The summed E-state index contributed by atoms with van der Waals surface area (Å²) < 4.78 is 5.54. The Hall–Kier alpha value is -0.590. The maximum atomic E-state index is 9.05. The van der Waals surface area contributed by atoms with E-state index in [1.165, 1.54) is 83.5 Å². The Morgan fingerprint density at radius 3 is 1.62 bits per heavy atom. The molecule has 0 saturated heterocycles. The fourth-order valence-electron chi connectivity index (χ4n) is 2.95. The lowest BCUT2D eigenvalue weighted by molar-refractivity contribution is 0.0990. The van der Waals surface area contributed by atoms with Gasteiger partial charge in [-0.15, -0.1) is 5.73 Å². The zero-order valence-corrected chi connectivity index (χ0v) is 16.1. The van der Waals surface area contributed by atoms with Crippen LogP contribution in [0.3, 0.4) is 0 Å². The van der Waals surface area contributed by atoms with Crippen molar-refractivity contribution in [2.24, 2.45) is 5.92 Å². The van der Waals surface area contributed by atoms with Crippen molar-refractivity contribution < 1.29 is 4.74 Å². The summed E-state index contributed by atoms with van der Waals surface area (Å²) in [6, 6.07) is 2.08. The van der Waals surface area contributed by atoms with Crippen LogP contribution in [0.1, 0.15) is 103 Å². The van der Waals surface area contributed by atoms with Crippen LogP contribution in [-0.4, -0.2) is 19.8 Å². The van der Waals surface area contributed by atoms with E-state index in [9.17, 15) is 0 Å². The van der Waals surface area contributed by atoms with Crippen molar-refractivity contribution in [1.82, 2.24) is 5.73 Å². The summed E-state index contributed by atoms with van der Waals surface area (Å²) in [6.45, 7) is 3.60. The number of ether oxygens (including phenoxy) is 1. The molecule has 0 bridgehead atoms. The van der Waals surface area contributed by atoms with Crippen LogP contribution in [0, 0.1) is 17.2 Å². The van der Waals surface area contributed by atoms with Crippen LogP contribution in [0.5, 0.6) is 0 Å². The topological polar surface area (TPSA) is 55.3 Å². The minimum Gasteiger partial charge on any atom is -0.381 e. The quantitative estimate of drug-likeness (QED) is 0.268. The molecule has 1 atom stereocenters. The summed E-state index contributed by atoms with van der Waals surface area (Å²) in [5, 5.41) is 8.59. The largest absolute Gasteiger partial charge is 0.381 e. The molecule has 0 aromatic carbocycles. The Labute approximate surface area is 151 Å². The third-order valence-electron chi connectivity index (χ3n) is 4.63. The van der Waals surface area contributed by atoms with Gasteiger partial charge in [-0.3, -0.25) is 0 Å². The molecule has 3 heteroatoms. The molecule has 1 unspecified atom stereocenters. The maximum Gasteiger partial charge on any atom is 0.0626 e. The lowest BCUT2D eigenvalue weighted by atomic mass is 10.0. The molecule has 0 heterocycles. The zero-order chi connectivity index (χ0) is 17.7. The fraction of sp³-hybridized carbons (Fsp3) is 0.952. The van der Waals surface area contributed by atoms with Crippen molar-refractivity contribution in [3.8, 4) is 6.07 Å². The second kappa shape index (κ2) is 20.5. The first-order chi connectivity index (χ1) is 11.8. The van der Waals surface area contributed by atoms with Crippen LogP contribution < -0.4 is 5.73 Å². The highest BCUT2D eigenvalue weighted by Gasteiger charge is 2.06. The van der Waals surface area contributed by atoms with Crippen molar-refractivity contribution in [3.63, 3.8) is 0 Å². The number of nitriles is 1. The van der Waals surface area contributed by atoms with Gasteiger partial charge in [-0.1, -0.05) is 90.4 Å². The monoisotopic (exact) mass is 336 g/mol. The average molecular weight is 337 g/mol. The van der Waals surface area contributed by atoms with Crippen LogP contribution in [0.2, 0.25) is 0 Å². The van der Waals surface area contributed by atoms with Crippen molar-refractivity contribution in [2.75, 3.05) is 19.8 Å². The van der Waals surface area contributed by atoms with Gasteiger partial charge in [0.2, 0.25) is 0 Å². The van der Waals surface area contributed by atoms with Gasteiger partial charge >= 0.3 is 0 Å². The summed E-state index contributed by atoms with van der Waals surface area (Å²) in [6.07, 6.45) is 19.5. The second-order valence-corrected chi connectivity index (χ2v) is 7.08. The van der Waals surface area contributed by atoms with E-state index in [1.807, 2.05) is 0 Å². The first-order valence-electron chi connectivity index (χ1n) is 10.4. The van der Waals surface area contributed by atoms with Gasteiger partial charge in [0.05, 0.1) is 12.7 Å². The van der Waals surface area contributed by atoms with Gasteiger partial charge in [0.15, 0.2) is 0 Å². The van der Waals surface area contributed by atoms with E-state index < -0.39 is 0 Å². The second-order valence-electron chi connectivity index (χ2n) is 7.08. The van der Waals surface area contributed by atoms with Gasteiger partial charge in [-0.05, 0) is 6.42 Å². The van der Waals surface area contributed by atoms with Gasteiger partial charge in [-0.25, -0.2) is 0 Å². The van der Waals surface area contributed by atoms with E-state index in [1.54, 1.807) is 0 Å². The highest BCUT2D eigenvalue weighted by molar-refractivity contribution is 4.75. The van der Waals surface area contributed by atoms with E-state index in [0.29, 0.717) is 13.0 Å². The van der Waals surface area contributed by atoms with Gasteiger partial charge in [-0.2, -0.15) is 5.26 Å². The number of hydrogen-bond donors (Lipinski definition) is 0. The first-order valence-corrected chi connectivity index (χ1v) is 10.4. The summed E-state index contributed by atoms with van der Waals surface area (Å²) in [5.41, 5.74) is 9.05. The normalized spacial score (nSPS) is 12.2. The highest BCUT2D eigenvalue weighted by Crippen LogP contribution is 2.13. The number of nitrogens with zero attached hydrogens (tertiary/aromatic N) is 2. The molecule has 0 aliphatic heterocycles. The molecule has 3 nitrogen and oxygen atoms in total. The molecule has 0 aliphatic carbocycles. The predicted molar refractivity (Wildman–Crippen MR) is 102 cm³/mol. The Morgan fingerprint density at radius 2 is 1.21 bits per heavy atom. The third kappa shape index (κ3) is 17.8. The van der Waals surface area contributed by atoms with Crippen molar-refractivity contribution >= 4 is 0 Å². The lowest BCUT2D eigenvalue weighted by Crippen LogP contribution is -2.14. The van der Waals surface area contributed by atoms with Crippen LogP contribution in [-0.2, 0) is 4.74 Å². The predicted octanol–water partition coefficient (Wildman–Crippen LogP) is 6.08. The molecule has 0 aromatic heterocycles. The molecule has 0 fully saturated rings. The minimum atomic E-state index is -0.0124. The van der Waals surface area contributed by atoms with Crippen molar-refractivity contribution in [1.29, 1.82) is 5.26 Å². The van der Waals surface area contributed by atoms with Crippen LogP contribution in [0.15, 0.2) is 0 Å². The lowest BCUT2D eigenvalue weighted by Gasteiger charge is -2.10. The number of rotatable bonds is 19. The Balaban J connectivity index is 3.09. The first kappa shape index (κ1) is 23.4. The standard InChI is InChI=1S/C21H40N2O/c1-2-3-4-5-6-7-8-9-10-11-12-13-14-15-18-24-20-21(19-23)16-17-22/h21H,2-16,18-20H2,1H3. The molecule has 2 radical (unpaired) electrons. The van der Waals surface area contributed by atoms with Crippen molar-refractivity contribution in [2.45, 2.75) is 103 Å². The summed E-state index contributed by atoms with van der Waals surface area (Å²) in [5.74, 6) is -0.0124. The van der Waals surface area contributed by atoms with E-state index in [-0.39, 0.29) is 12.5 Å².